The largest absolute Gasteiger partial charge is 0.393 e. The maximum absolute atomic E-state index is 10.3. The van der Waals surface area contributed by atoms with Gasteiger partial charge in [0.25, 0.3) is 0 Å². The van der Waals surface area contributed by atoms with E-state index in [1.807, 2.05) is 13.0 Å². The average molecular weight is 224 g/mol. The molecule has 0 bridgehead atoms. The molecule has 0 aromatic heterocycles. The molecule has 0 aliphatic carbocycles. The van der Waals surface area contributed by atoms with Crippen molar-refractivity contribution in [3.05, 3.63) is 23.8 Å². The van der Waals surface area contributed by atoms with Gasteiger partial charge in [-0.25, -0.2) is 0 Å². The van der Waals surface area contributed by atoms with Gasteiger partial charge < -0.3 is 9.90 Å². The topological polar surface area (TPSA) is 37.3 Å². The van der Waals surface area contributed by atoms with E-state index in [-0.39, 0.29) is 12.0 Å². The van der Waals surface area contributed by atoms with Crippen molar-refractivity contribution in [2.75, 3.05) is 0 Å². The number of carbonyl (C=O) groups is 1. The zero-order chi connectivity index (χ0) is 12.6. The fraction of sp³-hybridized carbons (Fsp3) is 0.643. The van der Waals surface area contributed by atoms with Crippen LogP contribution in [0.3, 0.4) is 0 Å². The van der Waals surface area contributed by atoms with Crippen LogP contribution in [0.4, 0.5) is 0 Å². The Bertz CT molecular complexity index is 251. The van der Waals surface area contributed by atoms with Crippen molar-refractivity contribution in [2.24, 2.45) is 5.92 Å². The first-order valence-corrected chi connectivity index (χ1v) is 5.93. The molecular formula is C14H24O2. The van der Waals surface area contributed by atoms with Gasteiger partial charge >= 0.3 is 0 Å². The highest BCUT2D eigenvalue weighted by Gasteiger charge is 2.14. The van der Waals surface area contributed by atoms with Crippen molar-refractivity contribution in [2.45, 2.75) is 52.6 Å². The molecule has 0 heterocycles. The van der Waals surface area contributed by atoms with Crippen molar-refractivity contribution in [3.63, 3.8) is 0 Å². The molecule has 2 heteroatoms. The summed E-state index contributed by atoms with van der Waals surface area (Å²) in [5, 5.41) is 9.60. The van der Waals surface area contributed by atoms with Crippen molar-refractivity contribution >= 4 is 6.29 Å². The Balaban J connectivity index is 4.21. The quantitative estimate of drug-likeness (QED) is 0.507. The Morgan fingerprint density at radius 2 is 2.00 bits per heavy atom. The summed E-state index contributed by atoms with van der Waals surface area (Å²) in [4.78, 5) is 10.3. The molecule has 0 fully saturated rings. The fourth-order valence-electron chi connectivity index (χ4n) is 1.68. The molecular weight excluding hydrogens is 200 g/mol. The van der Waals surface area contributed by atoms with E-state index in [1.165, 1.54) is 11.1 Å². The van der Waals surface area contributed by atoms with Crippen molar-refractivity contribution in [3.8, 4) is 0 Å². The van der Waals surface area contributed by atoms with Crippen molar-refractivity contribution in [1.82, 2.24) is 0 Å². The number of carbonyl (C=O) groups excluding carboxylic acids is 1. The molecule has 0 saturated heterocycles. The second-order valence-electron chi connectivity index (χ2n) is 4.45. The minimum Gasteiger partial charge on any atom is -0.393 e. The van der Waals surface area contributed by atoms with Crippen LogP contribution in [0.15, 0.2) is 23.8 Å². The molecule has 0 spiro atoms. The van der Waals surface area contributed by atoms with Gasteiger partial charge in [0, 0.05) is 6.42 Å². The van der Waals surface area contributed by atoms with Gasteiger partial charge in [-0.05, 0) is 46.0 Å². The summed E-state index contributed by atoms with van der Waals surface area (Å²) in [5.41, 5.74) is 2.52. The van der Waals surface area contributed by atoms with E-state index in [9.17, 15) is 9.90 Å². The van der Waals surface area contributed by atoms with Gasteiger partial charge in [0.05, 0.1) is 6.10 Å². The highest BCUT2D eigenvalue weighted by molar-refractivity contribution is 5.49. The van der Waals surface area contributed by atoms with E-state index in [0.717, 1.165) is 25.5 Å². The summed E-state index contributed by atoms with van der Waals surface area (Å²) in [7, 11) is 0. The standard InChI is InChI=1S/C14H24O2/c1-5-11(2)12(3)8-9-14(13(4)16)7-6-10-15/h5,10,13-14,16H,1,6-9H2,2-4H3/b12-11+. The zero-order valence-electron chi connectivity index (χ0n) is 10.7. The maximum Gasteiger partial charge on any atom is 0.120 e. The van der Waals surface area contributed by atoms with E-state index in [0.29, 0.717) is 6.42 Å². The number of aliphatic hydroxyl groups excluding tert-OH is 1. The Morgan fingerprint density at radius 3 is 2.44 bits per heavy atom. The molecule has 2 atom stereocenters. The Morgan fingerprint density at radius 1 is 1.38 bits per heavy atom. The van der Waals surface area contributed by atoms with Crippen LogP contribution in [0.25, 0.3) is 0 Å². The first-order valence-electron chi connectivity index (χ1n) is 5.93. The fourth-order valence-corrected chi connectivity index (χ4v) is 1.68. The number of allylic oxidation sites excluding steroid dienone is 3. The molecule has 0 aliphatic rings. The summed E-state index contributed by atoms with van der Waals surface area (Å²) in [6, 6.07) is 0. The van der Waals surface area contributed by atoms with Crippen LogP contribution in [-0.2, 0) is 4.79 Å². The number of aliphatic hydroxyl groups is 1. The molecule has 92 valence electrons. The van der Waals surface area contributed by atoms with Gasteiger partial charge in [-0.15, -0.1) is 0 Å². The molecule has 0 amide bonds. The van der Waals surface area contributed by atoms with E-state index in [4.69, 9.17) is 0 Å². The lowest BCUT2D eigenvalue weighted by Crippen LogP contribution is -2.17. The van der Waals surface area contributed by atoms with Crippen LogP contribution in [0.1, 0.15) is 46.5 Å². The van der Waals surface area contributed by atoms with Gasteiger partial charge in [-0.2, -0.15) is 0 Å². The normalized spacial score (nSPS) is 16.2. The molecule has 2 unspecified atom stereocenters. The Hall–Kier alpha value is -0.890. The Labute approximate surface area is 99.1 Å². The second kappa shape index (κ2) is 8.28. The molecule has 0 rings (SSSR count). The van der Waals surface area contributed by atoms with Crippen LogP contribution in [0.5, 0.6) is 0 Å². The van der Waals surface area contributed by atoms with Gasteiger partial charge in [-0.3, -0.25) is 0 Å². The van der Waals surface area contributed by atoms with E-state index in [2.05, 4.69) is 13.5 Å². The summed E-state index contributed by atoms with van der Waals surface area (Å²) in [5.74, 6) is 0.220. The number of hydrogen-bond acceptors (Lipinski definition) is 2. The summed E-state index contributed by atoms with van der Waals surface area (Å²) in [6.07, 6.45) is 5.66. The van der Waals surface area contributed by atoms with Crippen LogP contribution >= 0.6 is 0 Å². The first-order chi connectivity index (χ1) is 7.52. The highest BCUT2D eigenvalue weighted by Crippen LogP contribution is 2.21. The number of aldehydes is 1. The summed E-state index contributed by atoms with van der Waals surface area (Å²) < 4.78 is 0. The zero-order valence-corrected chi connectivity index (χ0v) is 10.7. The number of rotatable bonds is 8. The van der Waals surface area contributed by atoms with Gasteiger partial charge in [0.1, 0.15) is 6.29 Å². The molecule has 0 saturated carbocycles. The Kier molecular flexibility index (Phi) is 7.82. The smallest absolute Gasteiger partial charge is 0.120 e. The van der Waals surface area contributed by atoms with E-state index < -0.39 is 0 Å². The molecule has 0 aromatic rings. The maximum atomic E-state index is 10.3. The lowest BCUT2D eigenvalue weighted by atomic mass is 9.90. The van der Waals surface area contributed by atoms with Crippen LogP contribution in [-0.4, -0.2) is 17.5 Å². The number of hydrogen-bond donors (Lipinski definition) is 1. The predicted octanol–water partition coefficient (Wildman–Crippen LogP) is 3.27. The predicted molar refractivity (Wildman–Crippen MR) is 68.3 cm³/mol. The van der Waals surface area contributed by atoms with Gasteiger partial charge in [0.15, 0.2) is 0 Å². The summed E-state index contributed by atoms with van der Waals surface area (Å²) in [6.45, 7) is 9.68. The first kappa shape index (κ1) is 15.1. The van der Waals surface area contributed by atoms with Crippen molar-refractivity contribution < 1.29 is 9.90 Å². The molecule has 0 radical (unpaired) electrons. The average Bonchev–Trinajstić information content (AvgIpc) is 2.27. The van der Waals surface area contributed by atoms with Crippen molar-refractivity contribution in [1.29, 1.82) is 0 Å². The van der Waals surface area contributed by atoms with Crippen LogP contribution < -0.4 is 0 Å². The second-order valence-corrected chi connectivity index (χ2v) is 4.45. The SMILES string of the molecule is C=C/C(C)=C(\C)CCC(CCC=O)C(C)O. The lowest BCUT2D eigenvalue weighted by Gasteiger charge is -2.19. The van der Waals surface area contributed by atoms with E-state index >= 15 is 0 Å². The molecule has 2 nitrogen and oxygen atoms in total. The molecule has 0 aromatic carbocycles. The minimum atomic E-state index is -0.336. The van der Waals surface area contributed by atoms with Crippen LogP contribution in [0.2, 0.25) is 0 Å². The van der Waals surface area contributed by atoms with E-state index in [1.54, 1.807) is 6.92 Å². The van der Waals surface area contributed by atoms with Crippen LogP contribution in [0, 0.1) is 5.92 Å². The third kappa shape index (κ3) is 5.86. The summed E-state index contributed by atoms with van der Waals surface area (Å²) >= 11 is 0. The van der Waals surface area contributed by atoms with Gasteiger partial charge in [0.2, 0.25) is 0 Å². The minimum absolute atomic E-state index is 0.220. The third-order valence-corrected chi connectivity index (χ3v) is 3.21. The monoisotopic (exact) mass is 224 g/mol. The highest BCUT2D eigenvalue weighted by atomic mass is 16.3. The third-order valence-electron chi connectivity index (χ3n) is 3.21. The van der Waals surface area contributed by atoms with Gasteiger partial charge in [-0.1, -0.05) is 23.8 Å². The molecule has 16 heavy (non-hydrogen) atoms. The molecule has 0 aliphatic heterocycles. The lowest BCUT2D eigenvalue weighted by molar-refractivity contribution is -0.108. The molecule has 1 N–H and O–H groups in total.